The summed E-state index contributed by atoms with van der Waals surface area (Å²) in [6.07, 6.45) is 0. The van der Waals surface area contributed by atoms with E-state index in [-0.39, 0.29) is 0 Å². The van der Waals surface area contributed by atoms with Crippen LogP contribution in [0.2, 0.25) is 0 Å². The molecule has 100 valence electrons. The average Bonchev–Trinajstić information content (AvgIpc) is 2.39. The molecule has 0 saturated heterocycles. The van der Waals surface area contributed by atoms with E-state index in [0.29, 0.717) is 5.82 Å². The van der Waals surface area contributed by atoms with Crippen molar-refractivity contribution in [1.82, 2.24) is 15.0 Å². The molecule has 2 rings (SSSR count). The lowest BCUT2D eigenvalue weighted by atomic mass is 10.2. The van der Waals surface area contributed by atoms with E-state index < -0.39 is 0 Å². The Morgan fingerprint density at radius 1 is 1.05 bits per heavy atom. The summed E-state index contributed by atoms with van der Waals surface area (Å²) in [6, 6.07) is 11.9. The predicted molar refractivity (Wildman–Crippen MR) is 78.9 cm³/mol. The van der Waals surface area contributed by atoms with Gasteiger partial charge in [-0.2, -0.15) is 0 Å². The van der Waals surface area contributed by atoms with Crippen LogP contribution in [-0.2, 0) is 0 Å². The number of nitrogens with zero attached hydrogens (tertiary/aromatic N) is 3. The van der Waals surface area contributed by atoms with Gasteiger partial charge in [-0.05, 0) is 6.92 Å². The van der Waals surface area contributed by atoms with Gasteiger partial charge >= 0.3 is 0 Å². The standard InChI is InChI=1S/C14H19N5/c1-4-15-12-10-13(18-19(2)3)17-14(16-12)11-8-6-5-7-9-11/h5-10H,4H2,1-3H3,(H2,15,16,17,18). The molecule has 0 unspecified atom stereocenters. The van der Waals surface area contributed by atoms with Gasteiger partial charge in [-0.1, -0.05) is 30.3 Å². The molecule has 0 aliphatic heterocycles. The fourth-order valence-corrected chi connectivity index (χ4v) is 1.72. The lowest BCUT2D eigenvalue weighted by Crippen LogP contribution is -2.20. The van der Waals surface area contributed by atoms with E-state index in [9.17, 15) is 0 Å². The highest BCUT2D eigenvalue weighted by Crippen LogP contribution is 2.20. The van der Waals surface area contributed by atoms with Gasteiger partial charge in [-0.15, -0.1) is 0 Å². The van der Waals surface area contributed by atoms with Crippen LogP contribution in [0.3, 0.4) is 0 Å². The summed E-state index contributed by atoms with van der Waals surface area (Å²) in [7, 11) is 3.86. The largest absolute Gasteiger partial charge is 0.370 e. The zero-order valence-corrected chi connectivity index (χ0v) is 11.5. The van der Waals surface area contributed by atoms with Crippen molar-refractivity contribution in [1.29, 1.82) is 0 Å². The molecule has 0 spiro atoms. The predicted octanol–water partition coefficient (Wildman–Crippen LogP) is 2.46. The number of nitrogens with one attached hydrogen (secondary N) is 2. The van der Waals surface area contributed by atoms with E-state index in [1.807, 2.05) is 62.4 Å². The molecule has 0 saturated carbocycles. The number of benzene rings is 1. The molecule has 1 aromatic carbocycles. The van der Waals surface area contributed by atoms with Crippen molar-refractivity contribution in [2.75, 3.05) is 31.4 Å². The molecular weight excluding hydrogens is 238 g/mol. The highest BCUT2D eigenvalue weighted by Gasteiger charge is 2.06. The Hall–Kier alpha value is -2.14. The molecule has 0 aliphatic carbocycles. The van der Waals surface area contributed by atoms with E-state index >= 15 is 0 Å². The average molecular weight is 257 g/mol. The third kappa shape index (κ3) is 3.66. The molecule has 2 aromatic rings. The highest BCUT2D eigenvalue weighted by molar-refractivity contribution is 5.60. The van der Waals surface area contributed by atoms with Gasteiger partial charge in [0, 0.05) is 32.3 Å². The zero-order chi connectivity index (χ0) is 13.7. The second-order valence-electron chi connectivity index (χ2n) is 4.36. The van der Waals surface area contributed by atoms with Crippen LogP contribution in [0, 0.1) is 0 Å². The molecule has 19 heavy (non-hydrogen) atoms. The van der Waals surface area contributed by atoms with Gasteiger partial charge in [-0.25, -0.2) is 15.0 Å². The number of hydrazine groups is 1. The van der Waals surface area contributed by atoms with Gasteiger partial charge < -0.3 is 10.7 Å². The van der Waals surface area contributed by atoms with Crippen LogP contribution in [0.1, 0.15) is 6.92 Å². The Labute approximate surface area is 113 Å². The minimum absolute atomic E-state index is 0.711. The Balaban J connectivity index is 2.39. The number of anilines is 2. The summed E-state index contributed by atoms with van der Waals surface area (Å²) < 4.78 is 0. The summed E-state index contributed by atoms with van der Waals surface area (Å²) in [6.45, 7) is 2.87. The van der Waals surface area contributed by atoms with Crippen molar-refractivity contribution >= 4 is 11.6 Å². The number of aromatic nitrogens is 2. The van der Waals surface area contributed by atoms with Crippen LogP contribution >= 0.6 is 0 Å². The smallest absolute Gasteiger partial charge is 0.163 e. The first-order chi connectivity index (χ1) is 9.19. The van der Waals surface area contributed by atoms with Crippen molar-refractivity contribution in [3.8, 4) is 11.4 Å². The Kier molecular flexibility index (Phi) is 4.30. The second kappa shape index (κ2) is 6.15. The van der Waals surface area contributed by atoms with Crippen LogP contribution in [0.25, 0.3) is 11.4 Å². The minimum atomic E-state index is 0.711. The molecule has 1 heterocycles. The van der Waals surface area contributed by atoms with Gasteiger partial charge in [0.2, 0.25) is 0 Å². The summed E-state index contributed by atoms with van der Waals surface area (Å²) in [5.41, 5.74) is 4.16. The maximum atomic E-state index is 4.52. The molecule has 0 radical (unpaired) electrons. The van der Waals surface area contributed by atoms with E-state index in [2.05, 4.69) is 20.7 Å². The Bertz CT molecular complexity index is 525. The van der Waals surface area contributed by atoms with Gasteiger partial charge in [0.15, 0.2) is 5.82 Å². The van der Waals surface area contributed by atoms with Gasteiger partial charge in [-0.3, -0.25) is 0 Å². The van der Waals surface area contributed by atoms with Crippen molar-refractivity contribution in [3.63, 3.8) is 0 Å². The van der Waals surface area contributed by atoms with E-state index in [1.54, 1.807) is 0 Å². The van der Waals surface area contributed by atoms with Crippen LogP contribution in [-0.4, -0.2) is 35.6 Å². The number of rotatable bonds is 5. The maximum Gasteiger partial charge on any atom is 0.163 e. The first-order valence-electron chi connectivity index (χ1n) is 6.31. The van der Waals surface area contributed by atoms with E-state index in [0.717, 1.165) is 23.7 Å². The number of hydrogen-bond acceptors (Lipinski definition) is 5. The molecular formula is C14H19N5. The van der Waals surface area contributed by atoms with Crippen molar-refractivity contribution < 1.29 is 0 Å². The van der Waals surface area contributed by atoms with Gasteiger partial charge in [0.1, 0.15) is 11.6 Å². The molecule has 0 fully saturated rings. The molecule has 5 nitrogen and oxygen atoms in total. The van der Waals surface area contributed by atoms with E-state index in [4.69, 9.17) is 0 Å². The fourth-order valence-electron chi connectivity index (χ4n) is 1.72. The van der Waals surface area contributed by atoms with Crippen LogP contribution in [0.5, 0.6) is 0 Å². The maximum absolute atomic E-state index is 4.52. The summed E-state index contributed by atoms with van der Waals surface area (Å²) >= 11 is 0. The van der Waals surface area contributed by atoms with Crippen LogP contribution in [0.4, 0.5) is 11.6 Å². The van der Waals surface area contributed by atoms with Crippen molar-refractivity contribution in [2.45, 2.75) is 6.92 Å². The summed E-state index contributed by atoms with van der Waals surface area (Å²) in [5.74, 6) is 2.30. The van der Waals surface area contributed by atoms with E-state index in [1.165, 1.54) is 0 Å². The lowest BCUT2D eigenvalue weighted by molar-refractivity contribution is 0.492. The third-order valence-electron chi connectivity index (χ3n) is 2.45. The Morgan fingerprint density at radius 3 is 2.37 bits per heavy atom. The first-order valence-corrected chi connectivity index (χ1v) is 6.31. The Morgan fingerprint density at radius 2 is 1.74 bits per heavy atom. The molecule has 2 N–H and O–H groups in total. The third-order valence-corrected chi connectivity index (χ3v) is 2.45. The van der Waals surface area contributed by atoms with Crippen LogP contribution < -0.4 is 10.7 Å². The molecule has 0 aliphatic rings. The molecule has 0 amide bonds. The SMILES string of the molecule is CCNc1cc(NN(C)C)nc(-c2ccccc2)n1. The minimum Gasteiger partial charge on any atom is -0.370 e. The van der Waals surface area contributed by atoms with Crippen LogP contribution in [0.15, 0.2) is 36.4 Å². The quantitative estimate of drug-likeness (QED) is 0.806. The van der Waals surface area contributed by atoms with Gasteiger partial charge in [0.25, 0.3) is 0 Å². The summed E-state index contributed by atoms with van der Waals surface area (Å²) in [4.78, 5) is 9.04. The first kappa shape index (κ1) is 13.3. The van der Waals surface area contributed by atoms with Crippen molar-refractivity contribution in [2.24, 2.45) is 0 Å². The number of hydrogen-bond donors (Lipinski definition) is 2. The topological polar surface area (TPSA) is 53.1 Å². The van der Waals surface area contributed by atoms with Crippen molar-refractivity contribution in [3.05, 3.63) is 36.4 Å². The normalized spacial score (nSPS) is 10.5. The monoisotopic (exact) mass is 257 g/mol. The highest BCUT2D eigenvalue weighted by atomic mass is 15.5. The molecule has 0 atom stereocenters. The molecule has 1 aromatic heterocycles. The fraction of sp³-hybridized carbons (Fsp3) is 0.286. The lowest BCUT2D eigenvalue weighted by Gasteiger charge is -2.14. The molecule has 5 heteroatoms. The molecule has 0 bridgehead atoms. The summed E-state index contributed by atoms with van der Waals surface area (Å²) in [5, 5.41) is 5.08. The zero-order valence-electron chi connectivity index (χ0n) is 11.5. The van der Waals surface area contributed by atoms with Gasteiger partial charge in [0.05, 0.1) is 0 Å². The second-order valence-corrected chi connectivity index (χ2v) is 4.36.